The number of alkyl halides is 1. The lowest BCUT2D eigenvalue weighted by Gasteiger charge is -2.18. The maximum atomic E-state index is 11.9. The van der Waals surface area contributed by atoms with Crippen molar-refractivity contribution in [3.05, 3.63) is 22.7 Å². The molecule has 0 radical (unpaired) electrons. The monoisotopic (exact) mass is 365 g/mol. The normalized spacial score (nSPS) is 20.1. The fraction of sp³-hybridized carbons (Fsp3) is 0.417. The van der Waals surface area contributed by atoms with Crippen LogP contribution in [0.2, 0.25) is 0 Å². The zero-order chi connectivity index (χ0) is 14.2. The van der Waals surface area contributed by atoms with E-state index in [1.165, 1.54) is 12.1 Å². The average Bonchev–Trinajstić information content (AvgIpc) is 2.69. The van der Waals surface area contributed by atoms with Crippen LogP contribution in [0.4, 0.5) is 5.69 Å². The van der Waals surface area contributed by atoms with E-state index in [1.54, 1.807) is 11.0 Å². The third kappa shape index (κ3) is 3.12. The molecule has 0 spiro atoms. The molecule has 2 rings (SSSR count). The third-order valence-electron chi connectivity index (χ3n) is 3.06. The van der Waals surface area contributed by atoms with E-state index in [4.69, 9.17) is 11.6 Å². The van der Waals surface area contributed by atoms with Gasteiger partial charge in [0, 0.05) is 29.6 Å². The van der Waals surface area contributed by atoms with Gasteiger partial charge in [0.1, 0.15) is 0 Å². The highest BCUT2D eigenvalue weighted by atomic mass is 79.9. The van der Waals surface area contributed by atoms with Gasteiger partial charge >= 0.3 is 0 Å². The second-order valence-corrected chi connectivity index (χ2v) is 7.79. The summed E-state index contributed by atoms with van der Waals surface area (Å²) in [6, 6.07) is 4.68. The molecule has 1 amide bonds. The second kappa shape index (κ2) is 5.42. The molecule has 1 saturated heterocycles. The summed E-state index contributed by atoms with van der Waals surface area (Å²) < 4.78 is 23.5. The molecule has 0 N–H and O–H groups in total. The topological polar surface area (TPSA) is 54.5 Å². The molecule has 1 aromatic carbocycles. The number of carbonyl (C=O) groups excluding carboxylic acids is 1. The smallest absolute Gasteiger partial charge is 0.227 e. The molecule has 0 aliphatic carbocycles. The molecule has 19 heavy (non-hydrogen) atoms. The first-order valence-corrected chi connectivity index (χ1v) is 8.90. The van der Waals surface area contributed by atoms with E-state index < -0.39 is 9.84 Å². The highest BCUT2D eigenvalue weighted by Crippen LogP contribution is 2.33. The van der Waals surface area contributed by atoms with Gasteiger partial charge in [0.25, 0.3) is 0 Å². The number of carbonyl (C=O) groups is 1. The fourth-order valence-corrected chi connectivity index (χ4v) is 3.65. The van der Waals surface area contributed by atoms with Gasteiger partial charge in [-0.3, -0.25) is 4.79 Å². The molecule has 1 aliphatic heterocycles. The summed E-state index contributed by atoms with van der Waals surface area (Å²) in [5.41, 5.74) is 0.685. The Bertz CT molecular complexity index is 617. The van der Waals surface area contributed by atoms with Crippen LogP contribution in [-0.2, 0) is 14.6 Å². The van der Waals surface area contributed by atoms with Crippen LogP contribution in [0.15, 0.2) is 27.6 Å². The van der Waals surface area contributed by atoms with Gasteiger partial charge in [0.15, 0.2) is 9.84 Å². The molecular weight excluding hydrogens is 354 g/mol. The first-order chi connectivity index (χ1) is 8.82. The summed E-state index contributed by atoms with van der Waals surface area (Å²) in [6.45, 7) is 0.569. The quantitative estimate of drug-likeness (QED) is 0.772. The SMILES string of the molecule is CS(=O)(=O)c1ccc(N2CC(CCl)CC2=O)c(Br)c1. The lowest BCUT2D eigenvalue weighted by atomic mass is 10.1. The molecule has 1 atom stereocenters. The van der Waals surface area contributed by atoms with E-state index in [-0.39, 0.29) is 16.7 Å². The Morgan fingerprint density at radius 2 is 2.16 bits per heavy atom. The number of nitrogens with zero attached hydrogens (tertiary/aromatic N) is 1. The zero-order valence-corrected chi connectivity index (χ0v) is 13.4. The van der Waals surface area contributed by atoms with Crippen molar-refractivity contribution in [2.75, 3.05) is 23.6 Å². The lowest BCUT2D eigenvalue weighted by molar-refractivity contribution is -0.117. The van der Waals surface area contributed by atoms with Gasteiger partial charge in [0.2, 0.25) is 5.91 Å². The molecule has 1 unspecified atom stereocenters. The van der Waals surface area contributed by atoms with Crippen LogP contribution >= 0.6 is 27.5 Å². The molecule has 1 heterocycles. The first kappa shape index (κ1) is 14.8. The summed E-state index contributed by atoms with van der Waals surface area (Å²) in [5, 5.41) is 0. The minimum Gasteiger partial charge on any atom is -0.311 e. The molecule has 104 valence electrons. The Labute approximate surface area is 125 Å². The summed E-state index contributed by atoms with van der Waals surface area (Å²) >= 11 is 9.11. The van der Waals surface area contributed by atoms with E-state index in [9.17, 15) is 13.2 Å². The van der Waals surface area contributed by atoms with Crippen molar-refractivity contribution in [1.29, 1.82) is 0 Å². The Hall–Kier alpha value is -0.590. The van der Waals surface area contributed by atoms with Gasteiger partial charge in [-0.1, -0.05) is 0 Å². The predicted molar refractivity (Wildman–Crippen MR) is 78.4 cm³/mol. The third-order valence-corrected chi connectivity index (χ3v) is 5.24. The molecule has 1 fully saturated rings. The first-order valence-electron chi connectivity index (χ1n) is 5.69. The largest absolute Gasteiger partial charge is 0.311 e. The van der Waals surface area contributed by atoms with Gasteiger partial charge in [-0.2, -0.15) is 0 Å². The number of sulfone groups is 1. The predicted octanol–water partition coefficient (Wildman–Crippen LogP) is 2.44. The van der Waals surface area contributed by atoms with Crippen LogP contribution < -0.4 is 4.90 Å². The minimum absolute atomic E-state index is 0.0125. The molecular formula is C12H13BrClNO3S. The Morgan fingerprint density at radius 1 is 1.47 bits per heavy atom. The fourth-order valence-electron chi connectivity index (χ4n) is 2.05. The van der Waals surface area contributed by atoms with Crippen molar-refractivity contribution in [3.63, 3.8) is 0 Å². The Kier molecular flexibility index (Phi) is 4.23. The van der Waals surface area contributed by atoms with Crippen molar-refractivity contribution in [1.82, 2.24) is 0 Å². The minimum atomic E-state index is -3.25. The Morgan fingerprint density at radius 3 is 2.63 bits per heavy atom. The van der Waals surface area contributed by atoms with Crippen molar-refractivity contribution < 1.29 is 13.2 Å². The molecule has 0 aromatic heterocycles. The van der Waals surface area contributed by atoms with E-state index in [0.29, 0.717) is 29.0 Å². The summed E-state index contributed by atoms with van der Waals surface area (Å²) in [6.07, 6.45) is 1.59. The lowest BCUT2D eigenvalue weighted by Crippen LogP contribution is -2.25. The molecule has 7 heteroatoms. The van der Waals surface area contributed by atoms with E-state index in [1.807, 2.05) is 0 Å². The number of anilines is 1. The van der Waals surface area contributed by atoms with E-state index >= 15 is 0 Å². The van der Waals surface area contributed by atoms with Gasteiger partial charge in [-0.15, -0.1) is 11.6 Å². The second-order valence-electron chi connectivity index (χ2n) is 4.61. The van der Waals surface area contributed by atoms with Gasteiger partial charge < -0.3 is 4.90 Å². The van der Waals surface area contributed by atoms with Crippen LogP contribution in [0.3, 0.4) is 0 Å². The molecule has 0 saturated carbocycles. The van der Waals surface area contributed by atoms with Crippen molar-refractivity contribution in [3.8, 4) is 0 Å². The highest BCUT2D eigenvalue weighted by molar-refractivity contribution is 9.10. The zero-order valence-electron chi connectivity index (χ0n) is 10.3. The number of halogens is 2. The number of hydrogen-bond donors (Lipinski definition) is 0. The van der Waals surface area contributed by atoms with Crippen molar-refractivity contribution in [2.24, 2.45) is 5.92 Å². The molecule has 1 aliphatic rings. The van der Waals surface area contributed by atoms with Gasteiger partial charge in [0.05, 0.1) is 10.6 Å². The van der Waals surface area contributed by atoms with Crippen LogP contribution in [0, 0.1) is 5.92 Å². The number of amides is 1. The molecule has 1 aromatic rings. The van der Waals surface area contributed by atoms with Gasteiger partial charge in [-0.25, -0.2) is 8.42 Å². The van der Waals surface area contributed by atoms with Crippen molar-refractivity contribution in [2.45, 2.75) is 11.3 Å². The maximum Gasteiger partial charge on any atom is 0.227 e. The Balaban J connectivity index is 2.35. The van der Waals surface area contributed by atoms with Crippen LogP contribution in [-0.4, -0.2) is 33.0 Å². The van der Waals surface area contributed by atoms with Crippen LogP contribution in [0.25, 0.3) is 0 Å². The molecule has 4 nitrogen and oxygen atoms in total. The van der Waals surface area contributed by atoms with E-state index in [2.05, 4.69) is 15.9 Å². The highest BCUT2D eigenvalue weighted by Gasteiger charge is 2.31. The van der Waals surface area contributed by atoms with Crippen molar-refractivity contribution >= 4 is 49.0 Å². The number of rotatable bonds is 3. The van der Waals surface area contributed by atoms with Crippen LogP contribution in [0.5, 0.6) is 0 Å². The molecule has 0 bridgehead atoms. The van der Waals surface area contributed by atoms with Gasteiger partial charge in [-0.05, 0) is 40.0 Å². The number of hydrogen-bond acceptors (Lipinski definition) is 3. The summed E-state index contributed by atoms with van der Waals surface area (Å²) in [5.74, 6) is 0.607. The number of benzene rings is 1. The summed E-state index contributed by atoms with van der Waals surface area (Å²) in [7, 11) is -3.25. The summed E-state index contributed by atoms with van der Waals surface area (Å²) in [4.78, 5) is 13.8. The van der Waals surface area contributed by atoms with E-state index in [0.717, 1.165) is 6.26 Å². The maximum absolute atomic E-state index is 11.9. The van der Waals surface area contributed by atoms with Crippen LogP contribution in [0.1, 0.15) is 6.42 Å². The average molecular weight is 367 g/mol. The standard InChI is InChI=1S/C12H13BrClNO3S/c1-19(17,18)9-2-3-11(10(13)5-9)15-7-8(6-14)4-12(15)16/h2-3,5,8H,4,6-7H2,1H3.